The van der Waals surface area contributed by atoms with Crippen molar-refractivity contribution in [2.75, 3.05) is 27.9 Å². The normalized spacial score (nSPS) is 18.5. The minimum absolute atomic E-state index is 0. The van der Waals surface area contributed by atoms with Gasteiger partial charge >= 0.3 is 6.18 Å². The number of amides is 2. The summed E-state index contributed by atoms with van der Waals surface area (Å²) in [7, 11) is 4.87. The van der Waals surface area contributed by atoms with E-state index in [0.29, 0.717) is 18.4 Å². The van der Waals surface area contributed by atoms with Crippen molar-refractivity contribution < 1.29 is 55.6 Å². The van der Waals surface area contributed by atoms with Gasteiger partial charge in [0.25, 0.3) is 5.56 Å². The summed E-state index contributed by atoms with van der Waals surface area (Å²) >= 11 is 0. The van der Waals surface area contributed by atoms with Crippen molar-refractivity contribution in [1.82, 2.24) is 20.6 Å². The van der Waals surface area contributed by atoms with E-state index in [1.165, 1.54) is 38.5 Å². The van der Waals surface area contributed by atoms with Gasteiger partial charge in [0.05, 0.1) is 18.1 Å². The number of unbranched alkanes of at least 4 members (excludes halogenated alkanes) is 2. The summed E-state index contributed by atoms with van der Waals surface area (Å²) in [6.45, 7) is 5.28. The molecule has 51 heavy (non-hydrogen) atoms. The van der Waals surface area contributed by atoms with Crippen LogP contribution in [0.5, 0.6) is 5.75 Å². The van der Waals surface area contributed by atoms with Gasteiger partial charge in [0, 0.05) is 58.2 Å². The van der Waals surface area contributed by atoms with Gasteiger partial charge in [0.1, 0.15) is 23.8 Å². The van der Waals surface area contributed by atoms with Gasteiger partial charge in [-0.15, -0.1) is 0 Å². The quantitative estimate of drug-likeness (QED) is 0.0995. The number of aldehydes is 1. The number of carbonyl (C=O) groups is 3. The Bertz CT molecular complexity index is 1380. The molecule has 2 amide bonds. The number of methoxy groups -OCH3 is 2. The zero-order valence-corrected chi connectivity index (χ0v) is 32.6. The van der Waals surface area contributed by atoms with Crippen molar-refractivity contribution in [2.45, 2.75) is 104 Å². The summed E-state index contributed by atoms with van der Waals surface area (Å²) in [5.74, 6) is 2.59. The third-order valence-corrected chi connectivity index (χ3v) is 9.11. The number of aromatic nitrogens is 2. The summed E-state index contributed by atoms with van der Waals surface area (Å²) in [5.41, 5.74) is 1.64. The predicted octanol–water partition coefficient (Wildman–Crippen LogP) is 6.60. The maximum Gasteiger partial charge on any atom is 0.389 e. The van der Waals surface area contributed by atoms with Gasteiger partial charge in [0.2, 0.25) is 12.3 Å². The van der Waals surface area contributed by atoms with Crippen LogP contribution >= 0.6 is 0 Å². The van der Waals surface area contributed by atoms with Gasteiger partial charge in [-0.2, -0.15) is 13.2 Å². The summed E-state index contributed by atoms with van der Waals surface area (Å²) in [6, 6.07) is 4.82. The smallest absolute Gasteiger partial charge is 0.389 e. The van der Waals surface area contributed by atoms with Gasteiger partial charge in [-0.25, -0.2) is 4.98 Å². The van der Waals surface area contributed by atoms with E-state index in [9.17, 15) is 32.3 Å². The molecule has 1 aromatic carbocycles. The molecular formula is C37H58F3N4O6V-. The first kappa shape index (κ1) is 48.1. The van der Waals surface area contributed by atoms with Crippen molar-refractivity contribution in [1.29, 1.82) is 0 Å². The number of H-pyrrole nitrogens is 1. The summed E-state index contributed by atoms with van der Waals surface area (Å²) in [4.78, 5) is 52.6. The molecule has 1 heterocycles. The standard InChI is InChI=1S/C20H26N2O2.C14H23F3N2O3.C2H6O.CH3.V/c1-24-15-9-10-17-19(12-15)22-20(23)18(21-17)6-4-2-3-5-13-7-8-14-11-16(13)14;1-13(2,3)11(19-9-21)12(22)18-6-4-10(5-7-20)8-14(15,16)17;1-3-2;;/h9-10,12-14,16H,2-8,11H2,1H3,(H,22,23);7,9-11H,4-6,8H2,1-3H3,(H,18,22)(H,19,21);1-2H3;1H3;/q;;;-1;/t;10?,11-;;;/m.1.../s1. The van der Waals surface area contributed by atoms with Gasteiger partial charge < -0.3 is 37.3 Å². The number of fused-ring (bicyclic) bond motifs is 2. The first-order valence-electron chi connectivity index (χ1n) is 17.1. The zero-order valence-electron chi connectivity index (χ0n) is 31.2. The van der Waals surface area contributed by atoms with Crippen molar-refractivity contribution in [2.24, 2.45) is 29.1 Å². The van der Waals surface area contributed by atoms with E-state index in [1.54, 1.807) is 42.1 Å². The van der Waals surface area contributed by atoms with Crippen LogP contribution in [0.2, 0.25) is 0 Å². The number of aromatic amines is 1. The second-order valence-electron chi connectivity index (χ2n) is 14.2. The van der Waals surface area contributed by atoms with Crippen LogP contribution in [0.1, 0.15) is 90.7 Å². The first-order valence-corrected chi connectivity index (χ1v) is 17.1. The van der Waals surface area contributed by atoms with Gasteiger partial charge in [-0.3, -0.25) is 14.4 Å². The van der Waals surface area contributed by atoms with Crippen LogP contribution in [0.15, 0.2) is 23.0 Å². The van der Waals surface area contributed by atoms with Crippen LogP contribution in [0, 0.1) is 36.5 Å². The topological polar surface area (TPSA) is 139 Å². The SMILES string of the molecule is CC(C)(C)[C@H](NC=O)C(=O)NCCC(CC=O)CC(F)(F)F.COC.COc1ccc2nc(CCCCCC3CCC4CC34)c(=O)[nH]c2c1.[CH3-].[V]. The van der Waals surface area contributed by atoms with Crippen LogP contribution in [0.25, 0.3) is 11.0 Å². The Morgan fingerprint density at radius 1 is 1.10 bits per heavy atom. The molecule has 14 heteroatoms. The Kier molecular flexibility index (Phi) is 22.3. The average Bonchev–Trinajstić information content (AvgIpc) is 3.70. The Labute approximate surface area is 313 Å². The molecule has 0 aliphatic heterocycles. The van der Waals surface area contributed by atoms with E-state index in [1.807, 2.05) is 18.2 Å². The number of benzene rings is 1. The molecule has 4 unspecified atom stereocenters. The number of hydrogen-bond acceptors (Lipinski definition) is 7. The molecule has 2 fully saturated rings. The molecule has 2 aliphatic rings. The molecule has 5 atom stereocenters. The Balaban J connectivity index is 0.000000883. The fourth-order valence-electron chi connectivity index (χ4n) is 6.51. The number of ether oxygens (including phenoxy) is 2. The van der Waals surface area contributed by atoms with E-state index >= 15 is 0 Å². The monoisotopic (exact) mass is 762 g/mol. The van der Waals surface area contributed by atoms with Crippen LogP contribution in [0.3, 0.4) is 0 Å². The maximum atomic E-state index is 12.3. The minimum Gasteiger partial charge on any atom is -0.497 e. The Morgan fingerprint density at radius 3 is 2.31 bits per heavy atom. The van der Waals surface area contributed by atoms with Crippen LogP contribution in [0.4, 0.5) is 13.2 Å². The van der Waals surface area contributed by atoms with Crippen molar-refractivity contribution in [3.05, 3.63) is 41.7 Å². The molecule has 10 nitrogen and oxygen atoms in total. The number of carbonyl (C=O) groups excluding carboxylic acids is 3. The molecule has 2 aromatic rings. The second kappa shape index (κ2) is 23.6. The number of nitrogens with zero attached hydrogens (tertiary/aromatic N) is 1. The first-order chi connectivity index (χ1) is 23.2. The summed E-state index contributed by atoms with van der Waals surface area (Å²) in [6.07, 6.45) is 5.47. The molecule has 2 saturated carbocycles. The molecule has 1 radical (unpaired) electrons. The van der Waals surface area contributed by atoms with Crippen molar-refractivity contribution >= 4 is 29.6 Å². The van der Waals surface area contributed by atoms with Crippen molar-refractivity contribution in [3.63, 3.8) is 0 Å². The van der Waals surface area contributed by atoms with Crippen LogP contribution in [-0.4, -0.2) is 68.7 Å². The average molecular weight is 763 g/mol. The Morgan fingerprint density at radius 2 is 1.78 bits per heavy atom. The summed E-state index contributed by atoms with van der Waals surface area (Å²) < 4.78 is 46.5. The van der Waals surface area contributed by atoms with Gasteiger partial charge in [-0.1, -0.05) is 40.0 Å². The summed E-state index contributed by atoms with van der Waals surface area (Å²) in [5, 5.41) is 4.90. The molecule has 0 saturated heterocycles. The molecule has 2 aliphatic carbocycles. The van der Waals surface area contributed by atoms with Crippen LogP contribution < -0.4 is 20.9 Å². The molecule has 1 aromatic heterocycles. The number of alkyl halides is 3. The third kappa shape index (κ3) is 17.5. The van der Waals surface area contributed by atoms with Gasteiger partial charge in [0.15, 0.2) is 0 Å². The number of nitrogens with one attached hydrogen (secondary N) is 3. The number of aryl methyl sites for hydroxylation is 1. The number of rotatable bonds is 16. The largest absolute Gasteiger partial charge is 0.497 e. The molecular weight excluding hydrogens is 704 g/mol. The third-order valence-electron chi connectivity index (χ3n) is 9.11. The fraction of sp³-hybridized carbons (Fsp3) is 0.676. The van der Waals surface area contributed by atoms with Crippen molar-refractivity contribution in [3.8, 4) is 5.75 Å². The molecule has 3 N–H and O–H groups in total. The van der Waals surface area contributed by atoms with Gasteiger partial charge in [-0.05, 0) is 79.7 Å². The predicted molar refractivity (Wildman–Crippen MR) is 190 cm³/mol. The van der Waals surface area contributed by atoms with E-state index in [2.05, 4.69) is 25.3 Å². The maximum absolute atomic E-state index is 12.3. The second-order valence-corrected chi connectivity index (χ2v) is 14.2. The molecule has 4 rings (SSSR count). The number of halogens is 3. The molecule has 0 spiro atoms. The minimum atomic E-state index is -4.34. The van der Waals surface area contributed by atoms with Crippen LogP contribution in [-0.2, 0) is 44.1 Å². The van der Waals surface area contributed by atoms with E-state index in [4.69, 9.17) is 4.74 Å². The van der Waals surface area contributed by atoms with E-state index < -0.39 is 35.9 Å². The molecule has 0 bridgehead atoms. The van der Waals surface area contributed by atoms with E-state index in [0.717, 1.165) is 47.4 Å². The Hall–Kier alpha value is -2.90. The fourth-order valence-corrected chi connectivity index (χ4v) is 6.51. The zero-order chi connectivity index (χ0) is 36.6. The van der Waals surface area contributed by atoms with E-state index in [-0.39, 0.29) is 50.9 Å². The number of hydrogen-bond donors (Lipinski definition) is 3. The molecule has 289 valence electrons.